The molecule has 2 aromatic heterocycles. The number of terminal acetylenes is 2. The third kappa shape index (κ3) is 6.91. The highest BCUT2D eigenvalue weighted by Crippen LogP contribution is 2.26. The lowest BCUT2D eigenvalue weighted by molar-refractivity contribution is 0.667. The number of hydrogen-bond acceptors (Lipinski definition) is 2. The molecule has 0 aliphatic heterocycles. The molecule has 28 heavy (non-hydrogen) atoms. The van der Waals surface area contributed by atoms with Crippen LogP contribution in [0.3, 0.4) is 0 Å². The van der Waals surface area contributed by atoms with Gasteiger partial charge in [0.1, 0.15) is 0 Å². The lowest BCUT2D eigenvalue weighted by Gasteiger charge is -2.00. The van der Waals surface area contributed by atoms with Gasteiger partial charge in [-0.05, 0) is 60.8 Å². The first kappa shape index (κ1) is 22.4. The Bertz CT molecular complexity index is 811. The van der Waals surface area contributed by atoms with E-state index in [1.54, 1.807) is 22.7 Å². The molecule has 146 valence electrons. The summed E-state index contributed by atoms with van der Waals surface area (Å²) in [4.78, 5) is 4.20. The quantitative estimate of drug-likeness (QED) is 0.284. The number of rotatable bonds is 10. The molecule has 0 unspecified atom stereocenters. The first-order valence-electron chi connectivity index (χ1n) is 10.4. The molecular formula is C26H30S2. The van der Waals surface area contributed by atoms with Gasteiger partial charge in [0.25, 0.3) is 0 Å². The second-order valence-electron chi connectivity index (χ2n) is 7.09. The predicted molar refractivity (Wildman–Crippen MR) is 126 cm³/mol. The molecule has 0 saturated heterocycles. The van der Waals surface area contributed by atoms with Crippen LogP contribution in [0, 0.1) is 36.5 Å². The SMILES string of the molecule is C#Cc1cc(CCCCCC)c(C#Cc2sc(C#C)cc2CCCCCC)s1. The van der Waals surface area contributed by atoms with Gasteiger partial charge in [-0.25, -0.2) is 0 Å². The summed E-state index contributed by atoms with van der Waals surface area (Å²) in [5.74, 6) is 12.4. The molecule has 2 rings (SSSR count). The second-order valence-corrected chi connectivity index (χ2v) is 9.19. The molecule has 0 radical (unpaired) electrons. The van der Waals surface area contributed by atoms with Crippen molar-refractivity contribution >= 4 is 22.7 Å². The fourth-order valence-corrected chi connectivity index (χ4v) is 4.93. The average Bonchev–Trinajstić information content (AvgIpc) is 3.30. The summed E-state index contributed by atoms with van der Waals surface area (Å²) < 4.78 is 0. The van der Waals surface area contributed by atoms with Gasteiger partial charge >= 0.3 is 0 Å². The van der Waals surface area contributed by atoms with Crippen molar-refractivity contribution in [2.24, 2.45) is 0 Å². The summed E-state index contributed by atoms with van der Waals surface area (Å²) in [6.07, 6.45) is 23.4. The summed E-state index contributed by atoms with van der Waals surface area (Å²) in [6, 6.07) is 4.29. The van der Waals surface area contributed by atoms with Crippen molar-refractivity contribution in [3.8, 4) is 36.5 Å². The van der Waals surface area contributed by atoms with Gasteiger partial charge in [-0.3, -0.25) is 0 Å². The van der Waals surface area contributed by atoms with E-state index in [0.29, 0.717) is 0 Å². The van der Waals surface area contributed by atoms with Crippen LogP contribution >= 0.6 is 22.7 Å². The summed E-state index contributed by atoms with van der Waals surface area (Å²) in [5.41, 5.74) is 2.61. The lowest BCUT2D eigenvalue weighted by Crippen LogP contribution is -1.87. The largest absolute Gasteiger partial charge is 0.118 e. The minimum absolute atomic E-state index is 0.977. The fourth-order valence-electron chi connectivity index (χ4n) is 3.18. The highest BCUT2D eigenvalue weighted by atomic mass is 32.1. The van der Waals surface area contributed by atoms with E-state index < -0.39 is 0 Å². The van der Waals surface area contributed by atoms with Crippen molar-refractivity contribution in [1.82, 2.24) is 0 Å². The topological polar surface area (TPSA) is 0 Å². The Labute approximate surface area is 179 Å². The van der Waals surface area contributed by atoms with Crippen LogP contribution in [-0.2, 0) is 12.8 Å². The van der Waals surface area contributed by atoms with E-state index in [-0.39, 0.29) is 0 Å². The Morgan fingerprint density at radius 3 is 1.46 bits per heavy atom. The molecule has 0 fully saturated rings. The zero-order valence-corrected chi connectivity index (χ0v) is 18.8. The van der Waals surface area contributed by atoms with Crippen molar-refractivity contribution < 1.29 is 0 Å². The molecular weight excluding hydrogens is 376 g/mol. The second kappa shape index (κ2) is 12.5. The van der Waals surface area contributed by atoms with Gasteiger partial charge in [0.05, 0.1) is 19.5 Å². The van der Waals surface area contributed by atoms with Gasteiger partial charge in [0.15, 0.2) is 0 Å². The highest BCUT2D eigenvalue weighted by Gasteiger charge is 2.09. The maximum atomic E-state index is 5.63. The summed E-state index contributed by atoms with van der Waals surface area (Å²) in [7, 11) is 0. The van der Waals surface area contributed by atoms with Crippen molar-refractivity contribution in [2.75, 3.05) is 0 Å². The van der Waals surface area contributed by atoms with Gasteiger partial charge in [0.2, 0.25) is 0 Å². The third-order valence-electron chi connectivity index (χ3n) is 4.79. The third-order valence-corrected chi connectivity index (χ3v) is 6.84. The maximum Gasteiger partial charge on any atom is 0.0817 e. The van der Waals surface area contributed by atoms with E-state index in [1.807, 2.05) is 0 Å². The van der Waals surface area contributed by atoms with Crippen LogP contribution in [-0.4, -0.2) is 0 Å². The molecule has 0 aliphatic carbocycles. The Morgan fingerprint density at radius 1 is 0.679 bits per heavy atom. The zero-order valence-electron chi connectivity index (χ0n) is 17.2. The van der Waals surface area contributed by atoms with E-state index >= 15 is 0 Å². The van der Waals surface area contributed by atoms with Gasteiger partial charge in [-0.1, -0.05) is 64.2 Å². The summed E-state index contributed by atoms with van der Waals surface area (Å²) in [6.45, 7) is 4.48. The molecule has 0 amide bonds. The molecule has 2 heteroatoms. The van der Waals surface area contributed by atoms with E-state index in [0.717, 1.165) is 32.4 Å². The number of thiophene rings is 2. The van der Waals surface area contributed by atoms with Gasteiger partial charge < -0.3 is 0 Å². The Balaban J connectivity index is 2.17. The van der Waals surface area contributed by atoms with Crippen molar-refractivity contribution in [3.05, 3.63) is 42.8 Å². The van der Waals surface area contributed by atoms with Crippen LogP contribution in [0.25, 0.3) is 0 Å². The Kier molecular flexibility index (Phi) is 10.0. The fraction of sp³-hybridized carbons (Fsp3) is 0.462. The average molecular weight is 407 g/mol. The Morgan fingerprint density at radius 2 is 1.11 bits per heavy atom. The standard InChI is InChI=1S/C26H30S2/c1-5-9-11-13-15-21-19-23(7-3)27-25(21)17-18-26-22(16-14-12-10-6-2)20-24(8-4)28-26/h3-4,19-20H,5-6,9-16H2,1-2H3. The molecule has 0 N–H and O–H groups in total. The van der Waals surface area contributed by atoms with Crippen LogP contribution in [0.15, 0.2) is 12.1 Å². The van der Waals surface area contributed by atoms with Crippen molar-refractivity contribution in [1.29, 1.82) is 0 Å². The first-order chi connectivity index (χ1) is 13.7. The molecule has 0 atom stereocenters. The molecule has 2 aromatic rings. The van der Waals surface area contributed by atoms with Crippen LogP contribution < -0.4 is 0 Å². The van der Waals surface area contributed by atoms with E-state index in [9.17, 15) is 0 Å². The monoisotopic (exact) mass is 406 g/mol. The molecule has 0 saturated carbocycles. The van der Waals surface area contributed by atoms with Gasteiger partial charge in [0, 0.05) is 0 Å². The number of aryl methyl sites for hydroxylation is 2. The van der Waals surface area contributed by atoms with Crippen LogP contribution in [0.5, 0.6) is 0 Å². The van der Waals surface area contributed by atoms with Crippen LogP contribution in [0.2, 0.25) is 0 Å². The van der Waals surface area contributed by atoms with Crippen molar-refractivity contribution in [3.63, 3.8) is 0 Å². The predicted octanol–water partition coefficient (Wildman–Crippen LogP) is 7.42. The molecule has 0 aromatic carbocycles. The Hall–Kier alpha value is -1.92. The van der Waals surface area contributed by atoms with Crippen LogP contribution in [0.4, 0.5) is 0 Å². The minimum Gasteiger partial charge on any atom is -0.118 e. The normalized spacial score (nSPS) is 10.1. The van der Waals surface area contributed by atoms with E-state index in [1.165, 1.54) is 62.5 Å². The molecule has 0 bridgehead atoms. The first-order valence-corrected chi connectivity index (χ1v) is 12.1. The maximum absolute atomic E-state index is 5.63. The molecule has 2 heterocycles. The number of unbranched alkanes of at least 4 members (excludes halogenated alkanes) is 6. The molecule has 0 aliphatic rings. The zero-order chi connectivity index (χ0) is 20.2. The number of hydrogen-bond donors (Lipinski definition) is 0. The minimum atomic E-state index is 0.977. The molecule has 0 spiro atoms. The van der Waals surface area contributed by atoms with Crippen LogP contribution in [0.1, 0.15) is 95.8 Å². The van der Waals surface area contributed by atoms with E-state index in [4.69, 9.17) is 12.8 Å². The van der Waals surface area contributed by atoms with Gasteiger partial charge in [-0.15, -0.1) is 35.5 Å². The van der Waals surface area contributed by atoms with E-state index in [2.05, 4.69) is 49.7 Å². The summed E-state index contributed by atoms with van der Waals surface area (Å²) in [5, 5.41) is 0. The van der Waals surface area contributed by atoms with Gasteiger partial charge in [-0.2, -0.15) is 0 Å². The van der Waals surface area contributed by atoms with Crippen molar-refractivity contribution in [2.45, 2.75) is 78.1 Å². The molecule has 0 nitrogen and oxygen atoms in total. The highest BCUT2D eigenvalue weighted by molar-refractivity contribution is 7.13. The smallest absolute Gasteiger partial charge is 0.0817 e. The summed E-state index contributed by atoms with van der Waals surface area (Å²) >= 11 is 3.28. The lowest BCUT2D eigenvalue weighted by atomic mass is 10.1.